The predicted octanol–water partition coefficient (Wildman–Crippen LogP) is 3.92. The molecule has 0 aliphatic heterocycles. The number of ether oxygens (including phenoxy) is 1. The maximum atomic E-state index is 11.7. The Morgan fingerprint density at radius 3 is 2.74 bits per heavy atom. The standard InChI is InChI=1S/C20H17ClN4O2/c1-12-19(15-4-5-16(8-22)18(21)7-15)13(2)25(24-12)11-14-6-17(10-23-9-14)20(26)27-3/h4-7,9-10H,11H2,1-3H3. The summed E-state index contributed by atoms with van der Waals surface area (Å²) in [6.07, 6.45) is 3.17. The van der Waals surface area contributed by atoms with E-state index < -0.39 is 5.97 Å². The lowest BCUT2D eigenvalue weighted by Crippen LogP contribution is -2.07. The van der Waals surface area contributed by atoms with Crippen LogP contribution in [0.25, 0.3) is 11.1 Å². The van der Waals surface area contributed by atoms with Gasteiger partial charge in [-0.1, -0.05) is 17.7 Å². The topological polar surface area (TPSA) is 80.8 Å². The second kappa shape index (κ2) is 7.60. The monoisotopic (exact) mass is 380 g/mol. The maximum absolute atomic E-state index is 11.7. The Balaban J connectivity index is 1.96. The molecular formula is C20H17ClN4O2. The van der Waals surface area contributed by atoms with Gasteiger partial charge in [-0.25, -0.2) is 4.79 Å². The van der Waals surface area contributed by atoms with Crippen LogP contribution >= 0.6 is 11.6 Å². The Bertz CT molecular complexity index is 1070. The molecule has 0 aliphatic rings. The summed E-state index contributed by atoms with van der Waals surface area (Å²) in [6, 6.07) is 9.16. The third-order valence-corrected chi connectivity index (χ3v) is 4.62. The first-order valence-electron chi connectivity index (χ1n) is 8.21. The Labute approximate surface area is 162 Å². The van der Waals surface area contributed by atoms with Crippen molar-refractivity contribution in [2.45, 2.75) is 20.4 Å². The quantitative estimate of drug-likeness (QED) is 0.641. The summed E-state index contributed by atoms with van der Waals surface area (Å²) in [5.41, 5.74) is 5.36. The van der Waals surface area contributed by atoms with Gasteiger partial charge in [0.05, 0.1) is 35.5 Å². The summed E-state index contributed by atoms with van der Waals surface area (Å²) < 4.78 is 6.60. The van der Waals surface area contributed by atoms with Gasteiger partial charge in [-0.2, -0.15) is 10.4 Å². The molecule has 0 spiro atoms. The Morgan fingerprint density at radius 1 is 1.30 bits per heavy atom. The van der Waals surface area contributed by atoms with Crippen molar-refractivity contribution in [1.29, 1.82) is 5.26 Å². The number of nitrogens with zero attached hydrogens (tertiary/aromatic N) is 4. The van der Waals surface area contributed by atoms with Crippen LogP contribution in [-0.2, 0) is 11.3 Å². The number of esters is 1. The number of hydrogen-bond acceptors (Lipinski definition) is 5. The van der Waals surface area contributed by atoms with Crippen LogP contribution < -0.4 is 0 Å². The van der Waals surface area contributed by atoms with Gasteiger partial charge in [0.25, 0.3) is 0 Å². The largest absolute Gasteiger partial charge is 0.465 e. The maximum Gasteiger partial charge on any atom is 0.339 e. The fourth-order valence-electron chi connectivity index (χ4n) is 3.01. The van der Waals surface area contributed by atoms with Crippen molar-refractivity contribution in [2.75, 3.05) is 7.11 Å². The fraction of sp³-hybridized carbons (Fsp3) is 0.200. The average Bonchev–Trinajstić information content (AvgIpc) is 2.94. The van der Waals surface area contributed by atoms with E-state index in [1.165, 1.54) is 13.3 Å². The van der Waals surface area contributed by atoms with E-state index in [1.54, 1.807) is 24.4 Å². The molecule has 0 saturated carbocycles. The van der Waals surface area contributed by atoms with Crippen molar-refractivity contribution in [3.63, 3.8) is 0 Å². The second-order valence-corrected chi connectivity index (χ2v) is 6.49. The first-order chi connectivity index (χ1) is 12.9. The molecule has 0 saturated heterocycles. The zero-order chi connectivity index (χ0) is 19.6. The molecule has 3 aromatic rings. The Kier molecular flexibility index (Phi) is 5.24. The minimum absolute atomic E-state index is 0.399. The number of pyridine rings is 1. The molecule has 0 radical (unpaired) electrons. The average molecular weight is 381 g/mol. The number of halogens is 1. The first kappa shape index (κ1) is 18.6. The molecule has 7 heteroatoms. The fourth-order valence-corrected chi connectivity index (χ4v) is 3.23. The number of benzene rings is 1. The van der Waals surface area contributed by atoms with Gasteiger partial charge >= 0.3 is 5.97 Å². The van der Waals surface area contributed by atoms with Crippen molar-refractivity contribution < 1.29 is 9.53 Å². The van der Waals surface area contributed by atoms with Crippen molar-refractivity contribution in [3.8, 4) is 17.2 Å². The number of aromatic nitrogens is 3. The molecular weight excluding hydrogens is 364 g/mol. The third kappa shape index (κ3) is 3.69. The van der Waals surface area contributed by atoms with E-state index in [0.717, 1.165) is 28.1 Å². The van der Waals surface area contributed by atoms with Crippen molar-refractivity contribution in [2.24, 2.45) is 0 Å². The van der Waals surface area contributed by atoms with Crippen LogP contribution in [0, 0.1) is 25.2 Å². The van der Waals surface area contributed by atoms with Gasteiger partial charge in [0.2, 0.25) is 0 Å². The highest BCUT2D eigenvalue weighted by molar-refractivity contribution is 6.32. The highest BCUT2D eigenvalue weighted by Gasteiger charge is 2.16. The Hall–Kier alpha value is -3.17. The molecule has 0 fully saturated rings. The van der Waals surface area contributed by atoms with Gasteiger partial charge in [-0.05, 0) is 43.2 Å². The summed E-state index contributed by atoms with van der Waals surface area (Å²) in [7, 11) is 1.34. The molecule has 3 rings (SSSR count). The normalized spacial score (nSPS) is 10.5. The Morgan fingerprint density at radius 2 is 2.07 bits per heavy atom. The molecule has 1 aromatic carbocycles. The highest BCUT2D eigenvalue weighted by Crippen LogP contribution is 2.30. The van der Waals surface area contributed by atoms with Gasteiger partial charge in [0.1, 0.15) is 6.07 Å². The van der Waals surface area contributed by atoms with Crippen LogP contribution in [0.15, 0.2) is 36.7 Å². The number of hydrogen-bond donors (Lipinski definition) is 0. The molecule has 0 unspecified atom stereocenters. The second-order valence-electron chi connectivity index (χ2n) is 6.08. The van der Waals surface area contributed by atoms with Gasteiger partial charge in [-0.15, -0.1) is 0 Å². The minimum Gasteiger partial charge on any atom is -0.465 e. The number of rotatable bonds is 4. The van der Waals surface area contributed by atoms with E-state index >= 15 is 0 Å². The van der Waals surface area contributed by atoms with Crippen LogP contribution in [0.1, 0.15) is 32.9 Å². The van der Waals surface area contributed by atoms with E-state index in [2.05, 4.69) is 16.2 Å². The van der Waals surface area contributed by atoms with Gasteiger partial charge in [-0.3, -0.25) is 9.67 Å². The van der Waals surface area contributed by atoms with Gasteiger partial charge in [0.15, 0.2) is 0 Å². The van der Waals surface area contributed by atoms with Crippen molar-refractivity contribution in [1.82, 2.24) is 14.8 Å². The molecule has 27 heavy (non-hydrogen) atoms. The summed E-state index contributed by atoms with van der Waals surface area (Å²) in [5, 5.41) is 14.1. The smallest absolute Gasteiger partial charge is 0.339 e. The van der Waals surface area contributed by atoms with Crippen LogP contribution in [0.2, 0.25) is 5.02 Å². The summed E-state index contributed by atoms with van der Waals surface area (Å²) in [4.78, 5) is 15.8. The lowest BCUT2D eigenvalue weighted by atomic mass is 10.0. The van der Waals surface area contributed by atoms with E-state index in [1.807, 2.05) is 24.6 Å². The molecule has 2 aromatic heterocycles. The molecule has 0 bridgehead atoms. The minimum atomic E-state index is -0.425. The van der Waals surface area contributed by atoms with E-state index in [9.17, 15) is 4.79 Å². The van der Waals surface area contributed by atoms with Gasteiger partial charge in [0, 0.05) is 23.7 Å². The van der Waals surface area contributed by atoms with E-state index in [4.69, 9.17) is 21.6 Å². The van der Waals surface area contributed by atoms with Crippen molar-refractivity contribution >= 4 is 17.6 Å². The first-order valence-corrected chi connectivity index (χ1v) is 8.58. The predicted molar refractivity (Wildman–Crippen MR) is 102 cm³/mol. The summed E-state index contributed by atoms with van der Waals surface area (Å²) in [5.74, 6) is -0.425. The summed E-state index contributed by atoms with van der Waals surface area (Å²) >= 11 is 6.18. The molecule has 2 heterocycles. The number of nitriles is 1. The van der Waals surface area contributed by atoms with Crippen LogP contribution in [0.3, 0.4) is 0 Å². The van der Waals surface area contributed by atoms with Crippen molar-refractivity contribution in [3.05, 3.63) is 69.8 Å². The van der Waals surface area contributed by atoms with Crippen LogP contribution in [0.4, 0.5) is 0 Å². The summed E-state index contributed by atoms with van der Waals surface area (Å²) in [6.45, 7) is 4.36. The lowest BCUT2D eigenvalue weighted by Gasteiger charge is -2.07. The molecule has 136 valence electrons. The third-order valence-electron chi connectivity index (χ3n) is 4.31. The zero-order valence-electron chi connectivity index (χ0n) is 15.2. The van der Waals surface area contributed by atoms with E-state index in [-0.39, 0.29) is 0 Å². The lowest BCUT2D eigenvalue weighted by molar-refractivity contribution is 0.0600. The van der Waals surface area contributed by atoms with Crippen LogP contribution in [-0.4, -0.2) is 27.8 Å². The number of aryl methyl sites for hydroxylation is 1. The molecule has 0 aliphatic carbocycles. The molecule has 6 nitrogen and oxygen atoms in total. The highest BCUT2D eigenvalue weighted by atomic mass is 35.5. The van der Waals surface area contributed by atoms with Crippen LogP contribution in [0.5, 0.6) is 0 Å². The molecule has 0 atom stereocenters. The number of carbonyl (C=O) groups excluding carboxylic acids is 1. The number of methoxy groups -OCH3 is 1. The molecule has 0 N–H and O–H groups in total. The van der Waals surface area contributed by atoms with Gasteiger partial charge < -0.3 is 4.74 Å². The SMILES string of the molecule is COC(=O)c1cncc(Cn2nc(C)c(-c3ccc(C#N)c(Cl)c3)c2C)c1. The number of carbonyl (C=O) groups is 1. The van der Waals surface area contributed by atoms with E-state index in [0.29, 0.717) is 22.7 Å². The molecule has 0 amide bonds. The zero-order valence-corrected chi connectivity index (χ0v) is 15.9.